The van der Waals surface area contributed by atoms with Crippen molar-refractivity contribution in [1.82, 2.24) is 14.4 Å². The number of methoxy groups -OCH3 is 1. The molecule has 0 saturated carbocycles. The van der Waals surface area contributed by atoms with Gasteiger partial charge in [-0.15, -0.1) is 0 Å². The summed E-state index contributed by atoms with van der Waals surface area (Å²) >= 11 is 0. The highest BCUT2D eigenvalue weighted by Crippen LogP contribution is 2.30. The number of alkyl halides is 2. The Morgan fingerprint density at radius 3 is 2.71 bits per heavy atom. The van der Waals surface area contributed by atoms with E-state index in [0.29, 0.717) is 5.65 Å². The molecule has 0 amide bonds. The maximum absolute atomic E-state index is 14.1. The maximum atomic E-state index is 14.1. The van der Waals surface area contributed by atoms with Crippen LogP contribution < -0.4 is 14.2 Å². The Morgan fingerprint density at radius 1 is 1.29 bits per heavy atom. The van der Waals surface area contributed by atoms with Crippen LogP contribution in [0.15, 0.2) is 35.6 Å². The molecule has 12 heteroatoms. The fourth-order valence-electron chi connectivity index (χ4n) is 2.38. The zero-order chi connectivity index (χ0) is 20.5. The van der Waals surface area contributed by atoms with Gasteiger partial charge in [-0.05, 0) is 24.6 Å². The van der Waals surface area contributed by atoms with Crippen molar-refractivity contribution in [3.05, 3.63) is 42.0 Å². The Morgan fingerprint density at radius 2 is 2.04 bits per heavy atom. The van der Waals surface area contributed by atoms with E-state index in [1.807, 2.05) is 6.92 Å². The standard InChI is InChI=1S/C16H15F3N4O4S/c1-9-3-4-23-13(5-9)20-7-14(23)28(24,25)22-11-6-10(17)15(21-16(11)26-2)27-8-12(18)19/h3-7,12,22H,8H2,1-2H3. The first kappa shape index (κ1) is 19.7. The minimum Gasteiger partial charge on any atom is -0.479 e. The summed E-state index contributed by atoms with van der Waals surface area (Å²) in [6.45, 7) is 0.761. The summed E-state index contributed by atoms with van der Waals surface area (Å²) < 4.78 is 77.0. The highest BCUT2D eigenvalue weighted by molar-refractivity contribution is 7.92. The number of sulfonamides is 1. The summed E-state index contributed by atoms with van der Waals surface area (Å²) in [7, 11) is -3.04. The Hall–Kier alpha value is -3.02. The number of fused-ring (bicyclic) bond motifs is 1. The molecule has 0 aliphatic carbocycles. The van der Waals surface area contributed by atoms with Crippen LogP contribution in [0.2, 0.25) is 0 Å². The number of anilines is 1. The van der Waals surface area contributed by atoms with Crippen LogP contribution in [-0.2, 0) is 10.0 Å². The SMILES string of the molecule is COc1nc(OCC(F)F)c(F)cc1NS(=O)(=O)c1cnc2cc(C)ccn12. The molecule has 3 aromatic heterocycles. The molecule has 0 unspecified atom stereocenters. The van der Waals surface area contributed by atoms with Crippen LogP contribution in [0.4, 0.5) is 18.9 Å². The zero-order valence-electron chi connectivity index (χ0n) is 14.7. The first-order chi connectivity index (χ1) is 13.2. The predicted octanol–water partition coefficient (Wildman–Crippen LogP) is 2.63. The van der Waals surface area contributed by atoms with Gasteiger partial charge in [-0.25, -0.2) is 18.2 Å². The summed E-state index contributed by atoms with van der Waals surface area (Å²) in [6.07, 6.45) is -0.152. The molecule has 0 aliphatic heterocycles. The lowest BCUT2D eigenvalue weighted by atomic mass is 10.3. The average Bonchev–Trinajstić information content (AvgIpc) is 3.04. The number of nitrogens with one attached hydrogen (secondary N) is 1. The van der Waals surface area contributed by atoms with E-state index in [1.165, 1.54) is 10.6 Å². The number of imidazole rings is 1. The quantitative estimate of drug-likeness (QED) is 0.636. The van der Waals surface area contributed by atoms with Crippen molar-refractivity contribution in [2.24, 2.45) is 0 Å². The minimum atomic E-state index is -4.19. The van der Waals surface area contributed by atoms with Crippen molar-refractivity contribution >= 4 is 21.4 Å². The van der Waals surface area contributed by atoms with Gasteiger partial charge in [0.05, 0.1) is 13.3 Å². The lowest BCUT2D eigenvalue weighted by Crippen LogP contribution is -2.17. The molecular weight excluding hydrogens is 401 g/mol. The van der Waals surface area contributed by atoms with Crippen LogP contribution in [0.1, 0.15) is 5.56 Å². The Kier molecular flexibility index (Phi) is 5.31. The van der Waals surface area contributed by atoms with Gasteiger partial charge in [-0.1, -0.05) is 0 Å². The number of halogens is 3. The zero-order valence-corrected chi connectivity index (χ0v) is 15.5. The molecular formula is C16H15F3N4O4S. The van der Waals surface area contributed by atoms with E-state index in [-0.39, 0.29) is 16.6 Å². The second-order valence-corrected chi connectivity index (χ2v) is 7.30. The lowest BCUT2D eigenvalue weighted by Gasteiger charge is -2.13. The first-order valence-electron chi connectivity index (χ1n) is 7.83. The Bertz CT molecular complexity index is 1120. The molecule has 3 rings (SSSR count). The highest BCUT2D eigenvalue weighted by atomic mass is 32.2. The number of ether oxygens (including phenoxy) is 2. The molecule has 0 radical (unpaired) electrons. The van der Waals surface area contributed by atoms with Gasteiger partial charge in [-0.2, -0.15) is 13.4 Å². The van der Waals surface area contributed by atoms with Gasteiger partial charge in [0.2, 0.25) is 5.88 Å². The van der Waals surface area contributed by atoms with Crippen LogP contribution in [0.25, 0.3) is 5.65 Å². The van der Waals surface area contributed by atoms with Gasteiger partial charge in [-0.3, -0.25) is 9.12 Å². The van der Waals surface area contributed by atoms with Crippen LogP contribution in [0.5, 0.6) is 11.8 Å². The number of hydrogen-bond acceptors (Lipinski definition) is 6. The third-order valence-corrected chi connectivity index (χ3v) is 4.94. The number of nitrogens with zero attached hydrogens (tertiary/aromatic N) is 3. The van der Waals surface area contributed by atoms with Gasteiger partial charge in [0.25, 0.3) is 22.3 Å². The van der Waals surface area contributed by atoms with Crippen molar-refractivity contribution in [3.63, 3.8) is 0 Å². The normalized spacial score (nSPS) is 11.8. The lowest BCUT2D eigenvalue weighted by molar-refractivity contribution is 0.0770. The van der Waals surface area contributed by atoms with Gasteiger partial charge < -0.3 is 9.47 Å². The van der Waals surface area contributed by atoms with Crippen LogP contribution in [0.3, 0.4) is 0 Å². The molecule has 0 aromatic carbocycles. The number of aromatic nitrogens is 3. The van der Waals surface area contributed by atoms with Gasteiger partial charge in [0.15, 0.2) is 17.5 Å². The predicted molar refractivity (Wildman–Crippen MR) is 93.0 cm³/mol. The molecule has 3 aromatic rings. The molecule has 8 nitrogen and oxygen atoms in total. The molecule has 0 bridgehead atoms. The third-order valence-electron chi connectivity index (χ3n) is 3.60. The molecule has 150 valence electrons. The topological polar surface area (TPSA) is 94.8 Å². The van der Waals surface area contributed by atoms with E-state index in [0.717, 1.165) is 24.9 Å². The van der Waals surface area contributed by atoms with Crippen molar-refractivity contribution < 1.29 is 31.1 Å². The first-order valence-corrected chi connectivity index (χ1v) is 9.31. The smallest absolute Gasteiger partial charge is 0.279 e. The fraction of sp³-hybridized carbons (Fsp3) is 0.250. The van der Waals surface area contributed by atoms with E-state index < -0.39 is 34.8 Å². The molecule has 0 saturated heterocycles. The molecule has 0 aliphatic rings. The van der Waals surface area contributed by atoms with Crippen LogP contribution in [0, 0.1) is 12.7 Å². The number of rotatable bonds is 7. The maximum Gasteiger partial charge on any atom is 0.279 e. The number of aryl methyl sites for hydroxylation is 1. The molecule has 3 heterocycles. The molecule has 28 heavy (non-hydrogen) atoms. The van der Waals surface area contributed by atoms with Crippen molar-refractivity contribution in [2.45, 2.75) is 18.4 Å². The second-order valence-electron chi connectivity index (χ2n) is 5.67. The van der Waals surface area contributed by atoms with Crippen LogP contribution in [-0.4, -0.2) is 42.9 Å². The monoisotopic (exact) mass is 416 g/mol. The second kappa shape index (κ2) is 7.54. The van der Waals surface area contributed by atoms with Crippen molar-refractivity contribution in [3.8, 4) is 11.8 Å². The summed E-state index contributed by atoms with van der Waals surface area (Å²) in [4.78, 5) is 7.63. The Balaban J connectivity index is 1.96. The third kappa shape index (κ3) is 3.96. The summed E-state index contributed by atoms with van der Waals surface area (Å²) in [5, 5.41) is -0.192. The van der Waals surface area contributed by atoms with E-state index in [2.05, 4.69) is 19.4 Å². The molecule has 0 spiro atoms. The van der Waals surface area contributed by atoms with Gasteiger partial charge in [0, 0.05) is 12.3 Å². The number of hydrogen-bond donors (Lipinski definition) is 1. The number of pyridine rings is 2. The van der Waals surface area contributed by atoms with E-state index in [4.69, 9.17) is 4.74 Å². The summed E-state index contributed by atoms with van der Waals surface area (Å²) in [6, 6.07) is 4.12. The Labute approximate surface area is 158 Å². The largest absolute Gasteiger partial charge is 0.479 e. The van der Waals surface area contributed by atoms with E-state index in [9.17, 15) is 21.6 Å². The molecule has 0 fully saturated rings. The minimum absolute atomic E-state index is 0.192. The average molecular weight is 416 g/mol. The van der Waals surface area contributed by atoms with E-state index in [1.54, 1.807) is 12.1 Å². The van der Waals surface area contributed by atoms with Crippen molar-refractivity contribution in [2.75, 3.05) is 18.4 Å². The van der Waals surface area contributed by atoms with Gasteiger partial charge in [0.1, 0.15) is 11.3 Å². The summed E-state index contributed by atoms with van der Waals surface area (Å²) in [5.74, 6) is -2.21. The molecule has 1 N–H and O–H groups in total. The van der Waals surface area contributed by atoms with Crippen LogP contribution >= 0.6 is 0 Å². The summed E-state index contributed by atoms with van der Waals surface area (Å²) in [5.41, 5.74) is 0.973. The molecule has 0 atom stereocenters. The van der Waals surface area contributed by atoms with Gasteiger partial charge >= 0.3 is 0 Å². The fourth-order valence-corrected chi connectivity index (χ4v) is 3.53. The van der Waals surface area contributed by atoms with E-state index >= 15 is 0 Å². The highest BCUT2D eigenvalue weighted by Gasteiger charge is 2.24. The van der Waals surface area contributed by atoms with Crippen molar-refractivity contribution in [1.29, 1.82) is 0 Å².